The van der Waals surface area contributed by atoms with Crippen molar-refractivity contribution in [3.05, 3.63) is 48.0 Å². The first-order chi connectivity index (χ1) is 12.4. The van der Waals surface area contributed by atoms with Gasteiger partial charge in [-0.1, -0.05) is 61.7 Å². The van der Waals surface area contributed by atoms with Crippen molar-refractivity contribution in [3.8, 4) is 0 Å². The van der Waals surface area contributed by atoms with Crippen molar-refractivity contribution >= 4 is 10.8 Å². The lowest BCUT2D eigenvalue weighted by Crippen LogP contribution is -2.34. The van der Waals surface area contributed by atoms with Crippen LogP contribution in [0.25, 0.3) is 10.8 Å². The molecule has 1 saturated heterocycles. The molecule has 2 aromatic carbocycles. The zero-order valence-corrected chi connectivity index (χ0v) is 15.8. The Morgan fingerprint density at radius 2 is 1.60 bits per heavy atom. The largest absolute Gasteiger partial charge is 0.384 e. The first-order valence-electron chi connectivity index (χ1n) is 10.1. The van der Waals surface area contributed by atoms with Crippen LogP contribution >= 0.6 is 0 Å². The van der Waals surface area contributed by atoms with Crippen LogP contribution in [-0.2, 0) is 11.2 Å². The van der Waals surface area contributed by atoms with E-state index in [-0.39, 0.29) is 0 Å². The molecule has 0 spiro atoms. The van der Waals surface area contributed by atoms with Crippen LogP contribution in [0.5, 0.6) is 0 Å². The predicted octanol–water partition coefficient (Wildman–Crippen LogP) is 5.44. The van der Waals surface area contributed by atoms with Gasteiger partial charge in [0.05, 0.1) is 6.61 Å². The second-order valence-corrected chi connectivity index (χ2v) is 7.42. The molecule has 0 bridgehead atoms. The summed E-state index contributed by atoms with van der Waals surface area (Å²) in [5.74, 6) is 0. The predicted molar refractivity (Wildman–Crippen MR) is 107 cm³/mol. The molecule has 136 valence electrons. The van der Waals surface area contributed by atoms with Gasteiger partial charge in [0.1, 0.15) is 0 Å². The molecule has 0 N–H and O–H groups in total. The highest BCUT2D eigenvalue weighted by Gasteiger charge is 2.22. The smallest absolute Gasteiger partial charge is 0.0502 e. The first-order valence-corrected chi connectivity index (χ1v) is 10.1. The average Bonchev–Trinajstić information content (AvgIpc) is 3.22. The monoisotopic (exact) mass is 339 g/mol. The molecule has 0 amide bonds. The number of fused-ring (bicyclic) bond motifs is 1. The molecule has 2 nitrogen and oxygen atoms in total. The van der Waals surface area contributed by atoms with Crippen molar-refractivity contribution in [2.75, 3.05) is 26.8 Å². The summed E-state index contributed by atoms with van der Waals surface area (Å²) in [6, 6.07) is 15.9. The Morgan fingerprint density at radius 3 is 2.36 bits per heavy atom. The minimum absolute atomic E-state index is 0.786. The zero-order chi connectivity index (χ0) is 17.3. The quantitative estimate of drug-likeness (QED) is 0.735. The molecule has 2 aromatic rings. The summed E-state index contributed by atoms with van der Waals surface area (Å²) in [7, 11) is 1.74. The summed E-state index contributed by atoms with van der Waals surface area (Å²) in [6.07, 6.45) is 11.3. The third-order valence-corrected chi connectivity index (χ3v) is 5.69. The zero-order valence-electron chi connectivity index (χ0n) is 15.8. The summed E-state index contributed by atoms with van der Waals surface area (Å²) < 4.78 is 5.09. The number of rotatable bonds is 4. The van der Waals surface area contributed by atoms with Gasteiger partial charge in [0.25, 0.3) is 0 Å². The number of methoxy groups -OCH3 is 1. The van der Waals surface area contributed by atoms with E-state index in [2.05, 4.69) is 47.4 Å². The van der Waals surface area contributed by atoms with Gasteiger partial charge in [0.15, 0.2) is 0 Å². The first kappa shape index (κ1) is 18.4. The number of likely N-dealkylation sites (tertiary alicyclic amines) is 1. The van der Waals surface area contributed by atoms with E-state index in [1.807, 2.05) is 0 Å². The fourth-order valence-corrected chi connectivity index (χ4v) is 4.28. The van der Waals surface area contributed by atoms with Crippen LogP contribution < -0.4 is 0 Å². The van der Waals surface area contributed by atoms with E-state index < -0.39 is 0 Å². The molecule has 2 aliphatic rings. The minimum atomic E-state index is 0.786. The molecule has 0 radical (unpaired) electrons. The van der Waals surface area contributed by atoms with Gasteiger partial charge in [-0.2, -0.15) is 0 Å². The minimum Gasteiger partial charge on any atom is -0.384 e. The van der Waals surface area contributed by atoms with E-state index in [1.165, 1.54) is 74.4 Å². The highest BCUT2D eigenvalue weighted by Crippen LogP contribution is 2.25. The molecule has 2 fully saturated rings. The van der Waals surface area contributed by atoms with Gasteiger partial charge >= 0.3 is 0 Å². The Kier molecular flexibility index (Phi) is 7.32. The Bertz CT molecular complexity index is 622. The molecular weight excluding hydrogens is 306 g/mol. The van der Waals surface area contributed by atoms with Gasteiger partial charge in [0.2, 0.25) is 0 Å². The van der Waals surface area contributed by atoms with E-state index >= 15 is 0 Å². The molecular formula is C23H33NO. The van der Waals surface area contributed by atoms with Crippen LogP contribution in [0.4, 0.5) is 0 Å². The number of nitrogens with zero attached hydrogens (tertiary/aromatic N) is 1. The third-order valence-electron chi connectivity index (χ3n) is 5.69. The molecule has 1 heterocycles. The standard InChI is InChI=1S/C13H14O.C10H19N/c1-14-10-9-12-7-4-6-11-5-2-3-8-13(11)12;1-2-6-10(7-3-1)11-8-4-5-9-11/h2-8H,9-10H2,1H3;10H,1-9H2. The molecule has 1 saturated carbocycles. The number of hydrogen-bond acceptors (Lipinski definition) is 2. The van der Waals surface area contributed by atoms with Crippen molar-refractivity contribution in [2.24, 2.45) is 0 Å². The van der Waals surface area contributed by atoms with E-state index in [9.17, 15) is 0 Å². The molecule has 4 rings (SSSR count). The van der Waals surface area contributed by atoms with Crippen LogP contribution in [0.1, 0.15) is 50.5 Å². The molecule has 1 aliphatic heterocycles. The maximum atomic E-state index is 5.09. The highest BCUT2D eigenvalue weighted by atomic mass is 16.5. The van der Waals surface area contributed by atoms with Crippen molar-refractivity contribution in [3.63, 3.8) is 0 Å². The topological polar surface area (TPSA) is 12.5 Å². The number of benzene rings is 2. The Labute approximate surface area is 153 Å². The van der Waals surface area contributed by atoms with E-state index in [1.54, 1.807) is 7.11 Å². The van der Waals surface area contributed by atoms with Gasteiger partial charge in [-0.25, -0.2) is 0 Å². The lowest BCUT2D eigenvalue weighted by molar-refractivity contribution is 0.191. The molecule has 0 atom stereocenters. The molecule has 2 heteroatoms. The van der Waals surface area contributed by atoms with Crippen LogP contribution in [-0.4, -0.2) is 37.7 Å². The van der Waals surface area contributed by atoms with E-state index in [0.717, 1.165) is 19.1 Å². The average molecular weight is 340 g/mol. The fourth-order valence-electron chi connectivity index (χ4n) is 4.28. The molecule has 25 heavy (non-hydrogen) atoms. The van der Waals surface area contributed by atoms with Crippen molar-refractivity contribution in [2.45, 2.75) is 57.4 Å². The molecule has 0 unspecified atom stereocenters. The van der Waals surface area contributed by atoms with Gasteiger partial charge in [-0.05, 0) is 61.5 Å². The van der Waals surface area contributed by atoms with Crippen LogP contribution in [0.2, 0.25) is 0 Å². The van der Waals surface area contributed by atoms with Crippen molar-refractivity contribution < 1.29 is 4.74 Å². The Hall–Kier alpha value is -1.38. The summed E-state index contributed by atoms with van der Waals surface area (Å²) >= 11 is 0. The summed E-state index contributed by atoms with van der Waals surface area (Å²) in [4.78, 5) is 2.72. The lowest BCUT2D eigenvalue weighted by atomic mass is 9.94. The summed E-state index contributed by atoms with van der Waals surface area (Å²) in [5, 5.41) is 2.65. The Balaban J connectivity index is 0.000000150. The second-order valence-electron chi connectivity index (χ2n) is 7.42. The fraction of sp³-hybridized carbons (Fsp3) is 0.565. The van der Waals surface area contributed by atoms with Crippen LogP contribution in [0, 0.1) is 0 Å². The third kappa shape index (κ3) is 5.29. The van der Waals surface area contributed by atoms with E-state index in [4.69, 9.17) is 4.74 Å². The van der Waals surface area contributed by atoms with Crippen LogP contribution in [0.15, 0.2) is 42.5 Å². The SMILES string of the molecule is C1CCC(N2CCCC2)CC1.COCCc1cccc2ccccc12. The van der Waals surface area contributed by atoms with Gasteiger partial charge < -0.3 is 9.64 Å². The number of hydrogen-bond donors (Lipinski definition) is 0. The maximum Gasteiger partial charge on any atom is 0.0502 e. The maximum absolute atomic E-state index is 5.09. The second kappa shape index (κ2) is 9.94. The van der Waals surface area contributed by atoms with Gasteiger partial charge in [-0.15, -0.1) is 0 Å². The van der Waals surface area contributed by atoms with Crippen LogP contribution in [0.3, 0.4) is 0 Å². The van der Waals surface area contributed by atoms with Gasteiger partial charge in [-0.3, -0.25) is 0 Å². The summed E-state index contributed by atoms with van der Waals surface area (Å²) in [5.41, 5.74) is 1.37. The number of ether oxygens (including phenoxy) is 1. The van der Waals surface area contributed by atoms with Crippen molar-refractivity contribution in [1.29, 1.82) is 0 Å². The van der Waals surface area contributed by atoms with Gasteiger partial charge in [0, 0.05) is 13.2 Å². The molecule has 1 aliphatic carbocycles. The highest BCUT2D eigenvalue weighted by molar-refractivity contribution is 5.85. The van der Waals surface area contributed by atoms with E-state index in [0.29, 0.717) is 0 Å². The lowest BCUT2D eigenvalue weighted by Gasteiger charge is -2.30. The summed E-state index contributed by atoms with van der Waals surface area (Å²) in [6.45, 7) is 3.57. The molecule has 0 aromatic heterocycles. The van der Waals surface area contributed by atoms with Crippen molar-refractivity contribution in [1.82, 2.24) is 4.90 Å². The Morgan fingerprint density at radius 1 is 0.880 bits per heavy atom. The normalized spacial score (nSPS) is 18.9.